The first-order valence-corrected chi connectivity index (χ1v) is 5.42. The van der Waals surface area contributed by atoms with E-state index in [-0.39, 0.29) is 10.9 Å². The number of halogens is 1. The first-order valence-electron chi connectivity index (χ1n) is 3.89. The van der Waals surface area contributed by atoms with E-state index in [4.69, 9.17) is 5.73 Å². The minimum atomic E-state index is 0.0480. The largest absolute Gasteiger partial charge is 0.376 e. The molecule has 0 spiro atoms. The molecule has 1 aromatic rings. The molecule has 1 rings (SSSR count). The molecule has 0 aliphatic heterocycles. The van der Waals surface area contributed by atoms with Crippen molar-refractivity contribution in [3.05, 3.63) is 29.8 Å². The molecule has 0 radical (unpaired) electrons. The Morgan fingerprint density at radius 2 is 2.00 bits per heavy atom. The fourth-order valence-electron chi connectivity index (χ4n) is 0.959. The highest BCUT2D eigenvalue weighted by molar-refractivity contribution is 9.09. The Labute approximate surface area is 95.8 Å². The van der Waals surface area contributed by atoms with Crippen molar-refractivity contribution in [2.24, 2.45) is 5.73 Å². The van der Waals surface area contributed by atoms with Crippen LogP contribution in [0.2, 0.25) is 0 Å². The van der Waals surface area contributed by atoms with E-state index in [0.717, 1.165) is 5.69 Å². The summed E-state index contributed by atoms with van der Waals surface area (Å²) in [5, 5.41) is 3.32. The number of Topliss-reactive ketones (excluding diaryl/α,β-unsaturated/α-hetero) is 1. The standard InChI is InChI=1S/C9H9BrN2OS/c10-5-8(13)6-1-3-7(4-2-6)12-9(11)14/h1-4H,5H2,(H3,11,12,14). The van der Waals surface area contributed by atoms with Crippen LogP contribution in [0.3, 0.4) is 0 Å². The van der Waals surface area contributed by atoms with E-state index < -0.39 is 0 Å². The van der Waals surface area contributed by atoms with Crippen molar-refractivity contribution >= 4 is 44.7 Å². The Morgan fingerprint density at radius 3 is 2.43 bits per heavy atom. The predicted molar refractivity (Wildman–Crippen MR) is 65.0 cm³/mol. The van der Waals surface area contributed by atoms with Crippen LogP contribution in [0.15, 0.2) is 24.3 Å². The summed E-state index contributed by atoms with van der Waals surface area (Å²) in [6.07, 6.45) is 0. The molecule has 0 unspecified atom stereocenters. The second-order valence-corrected chi connectivity index (χ2v) is 3.62. The van der Waals surface area contributed by atoms with Crippen molar-refractivity contribution < 1.29 is 4.79 Å². The van der Waals surface area contributed by atoms with E-state index in [1.807, 2.05) is 0 Å². The Balaban J connectivity index is 2.78. The predicted octanol–water partition coefficient (Wildman–Crippen LogP) is 1.92. The van der Waals surface area contributed by atoms with E-state index >= 15 is 0 Å². The summed E-state index contributed by atoms with van der Waals surface area (Å²) in [6, 6.07) is 6.97. The Hall–Kier alpha value is -0.940. The van der Waals surface area contributed by atoms with Gasteiger partial charge in [0.05, 0.1) is 5.33 Å². The minimum Gasteiger partial charge on any atom is -0.376 e. The molecule has 0 saturated carbocycles. The molecule has 0 bridgehead atoms. The maximum Gasteiger partial charge on any atom is 0.173 e. The first kappa shape index (κ1) is 11.1. The number of nitrogens with one attached hydrogen (secondary N) is 1. The fraction of sp³-hybridized carbons (Fsp3) is 0.111. The summed E-state index contributed by atoms with van der Waals surface area (Å²) in [7, 11) is 0. The van der Waals surface area contributed by atoms with Gasteiger partial charge in [-0.25, -0.2) is 0 Å². The summed E-state index contributed by atoms with van der Waals surface area (Å²) in [4.78, 5) is 11.2. The Morgan fingerprint density at radius 1 is 1.43 bits per heavy atom. The molecule has 0 atom stereocenters. The van der Waals surface area contributed by atoms with E-state index in [0.29, 0.717) is 10.9 Å². The second-order valence-electron chi connectivity index (χ2n) is 2.62. The van der Waals surface area contributed by atoms with Crippen LogP contribution >= 0.6 is 28.1 Å². The summed E-state index contributed by atoms with van der Waals surface area (Å²) < 4.78 is 0. The van der Waals surface area contributed by atoms with Crippen molar-refractivity contribution in [2.45, 2.75) is 0 Å². The van der Waals surface area contributed by atoms with Gasteiger partial charge in [-0.15, -0.1) is 0 Å². The Bertz CT molecular complexity index is 350. The monoisotopic (exact) mass is 272 g/mol. The van der Waals surface area contributed by atoms with Crippen LogP contribution in [-0.4, -0.2) is 16.2 Å². The maximum absolute atomic E-state index is 11.2. The number of rotatable bonds is 3. The topological polar surface area (TPSA) is 55.1 Å². The highest BCUT2D eigenvalue weighted by Crippen LogP contribution is 2.10. The van der Waals surface area contributed by atoms with Crippen LogP contribution in [0, 0.1) is 0 Å². The van der Waals surface area contributed by atoms with Crippen LogP contribution in [0.25, 0.3) is 0 Å². The third-order valence-corrected chi connectivity index (χ3v) is 2.21. The molecule has 0 saturated heterocycles. The van der Waals surface area contributed by atoms with Gasteiger partial charge in [-0.05, 0) is 36.5 Å². The number of hydrogen-bond acceptors (Lipinski definition) is 2. The van der Waals surface area contributed by atoms with Gasteiger partial charge in [0.2, 0.25) is 0 Å². The van der Waals surface area contributed by atoms with E-state index in [2.05, 4.69) is 33.5 Å². The van der Waals surface area contributed by atoms with Crippen LogP contribution < -0.4 is 11.1 Å². The minimum absolute atomic E-state index is 0.0480. The lowest BCUT2D eigenvalue weighted by Gasteiger charge is -2.03. The fourth-order valence-corrected chi connectivity index (χ4v) is 1.40. The number of nitrogens with two attached hydrogens (primary N) is 1. The van der Waals surface area contributed by atoms with E-state index in [9.17, 15) is 4.79 Å². The van der Waals surface area contributed by atoms with Gasteiger partial charge in [0.15, 0.2) is 10.9 Å². The van der Waals surface area contributed by atoms with Crippen LogP contribution in [-0.2, 0) is 0 Å². The highest BCUT2D eigenvalue weighted by Gasteiger charge is 2.02. The molecule has 14 heavy (non-hydrogen) atoms. The van der Waals surface area contributed by atoms with Crippen molar-refractivity contribution in [3.8, 4) is 0 Å². The molecule has 0 amide bonds. The van der Waals surface area contributed by atoms with Crippen molar-refractivity contribution in [3.63, 3.8) is 0 Å². The molecule has 3 N–H and O–H groups in total. The maximum atomic E-state index is 11.2. The molecule has 0 aliphatic carbocycles. The van der Waals surface area contributed by atoms with Gasteiger partial charge in [-0.2, -0.15) is 0 Å². The number of benzene rings is 1. The van der Waals surface area contributed by atoms with Crippen molar-refractivity contribution in [2.75, 3.05) is 10.6 Å². The first-order chi connectivity index (χ1) is 6.63. The van der Waals surface area contributed by atoms with Crippen LogP contribution in [0.4, 0.5) is 5.69 Å². The molecule has 74 valence electrons. The van der Waals surface area contributed by atoms with Gasteiger partial charge in [-0.3, -0.25) is 4.79 Å². The highest BCUT2D eigenvalue weighted by atomic mass is 79.9. The third-order valence-electron chi connectivity index (χ3n) is 1.60. The SMILES string of the molecule is NC(=S)Nc1ccc(C(=O)CBr)cc1. The number of alkyl halides is 1. The number of ketones is 1. The normalized spacial score (nSPS) is 9.50. The second kappa shape index (κ2) is 5.07. The molecule has 0 heterocycles. The van der Waals surface area contributed by atoms with Crippen LogP contribution in [0.5, 0.6) is 0 Å². The summed E-state index contributed by atoms with van der Waals surface area (Å²) >= 11 is 7.78. The zero-order valence-electron chi connectivity index (χ0n) is 7.29. The lowest BCUT2D eigenvalue weighted by molar-refractivity contribution is 0.102. The molecule has 0 aromatic heterocycles. The smallest absolute Gasteiger partial charge is 0.173 e. The zero-order valence-corrected chi connectivity index (χ0v) is 9.69. The lowest BCUT2D eigenvalue weighted by Crippen LogP contribution is -2.18. The summed E-state index contributed by atoms with van der Waals surface area (Å²) in [5.41, 5.74) is 6.74. The van der Waals surface area contributed by atoms with Crippen LogP contribution in [0.1, 0.15) is 10.4 Å². The molecule has 1 aromatic carbocycles. The molecular formula is C9H9BrN2OS. The number of thiocarbonyl (C=S) groups is 1. The molecule has 0 fully saturated rings. The van der Waals surface area contributed by atoms with Gasteiger partial charge in [0.1, 0.15) is 0 Å². The molecular weight excluding hydrogens is 264 g/mol. The number of carbonyl (C=O) groups is 1. The lowest BCUT2D eigenvalue weighted by atomic mass is 10.1. The Kier molecular flexibility index (Phi) is 4.03. The summed E-state index contributed by atoms with van der Waals surface area (Å²) in [5.74, 6) is 0.0480. The van der Waals surface area contributed by atoms with Gasteiger partial charge >= 0.3 is 0 Å². The number of hydrogen-bond donors (Lipinski definition) is 2. The quantitative estimate of drug-likeness (QED) is 0.502. The number of carbonyl (C=O) groups excluding carboxylic acids is 1. The van der Waals surface area contributed by atoms with Crippen molar-refractivity contribution in [1.82, 2.24) is 0 Å². The molecule has 0 aliphatic rings. The summed E-state index contributed by atoms with van der Waals surface area (Å²) in [6.45, 7) is 0. The van der Waals surface area contributed by atoms with Gasteiger partial charge < -0.3 is 11.1 Å². The van der Waals surface area contributed by atoms with Crippen molar-refractivity contribution in [1.29, 1.82) is 0 Å². The van der Waals surface area contributed by atoms with E-state index in [1.165, 1.54) is 0 Å². The third kappa shape index (κ3) is 3.08. The van der Waals surface area contributed by atoms with Gasteiger partial charge in [0.25, 0.3) is 0 Å². The molecule has 5 heteroatoms. The van der Waals surface area contributed by atoms with E-state index in [1.54, 1.807) is 24.3 Å². The average molecular weight is 273 g/mol. The number of anilines is 1. The molecule has 3 nitrogen and oxygen atoms in total. The zero-order chi connectivity index (χ0) is 10.6. The van der Waals surface area contributed by atoms with Gasteiger partial charge in [-0.1, -0.05) is 15.9 Å². The van der Waals surface area contributed by atoms with Gasteiger partial charge in [0, 0.05) is 11.3 Å². The average Bonchev–Trinajstić information content (AvgIpc) is 2.17.